The smallest absolute Gasteiger partial charge is 0.267 e. The van der Waals surface area contributed by atoms with Gasteiger partial charge in [-0.05, 0) is 74.9 Å². The summed E-state index contributed by atoms with van der Waals surface area (Å²) in [5.74, 6) is 1.07. The molecular formula is C24H24ClNO3. The number of hydrogen-bond acceptors (Lipinski definition) is 3. The van der Waals surface area contributed by atoms with Crippen LogP contribution in [0, 0.1) is 6.92 Å². The van der Waals surface area contributed by atoms with Crippen molar-refractivity contribution in [2.45, 2.75) is 33.0 Å². The maximum Gasteiger partial charge on any atom is 0.267 e. The average Bonchev–Trinajstić information content (AvgIpc) is 2.70. The molecular weight excluding hydrogens is 386 g/mol. The van der Waals surface area contributed by atoms with Gasteiger partial charge < -0.3 is 14.8 Å². The fraction of sp³-hybridized carbons (Fsp3) is 0.208. The monoisotopic (exact) mass is 409 g/mol. The van der Waals surface area contributed by atoms with E-state index in [1.54, 1.807) is 50.2 Å². The van der Waals surface area contributed by atoms with Crippen molar-refractivity contribution in [3.05, 3.63) is 88.9 Å². The number of anilines is 1. The zero-order valence-electron chi connectivity index (χ0n) is 16.7. The Kier molecular flexibility index (Phi) is 6.45. The maximum absolute atomic E-state index is 12.6. The number of aryl methyl sites for hydroxylation is 1. The lowest BCUT2D eigenvalue weighted by Crippen LogP contribution is -2.42. The van der Waals surface area contributed by atoms with E-state index in [-0.39, 0.29) is 5.91 Å². The Bertz CT molecular complexity index is 949. The number of ether oxygens (including phenoxy) is 2. The molecule has 0 heterocycles. The number of halogens is 1. The van der Waals surface area contributed by atoms with Crippen molar-refractivity contribution in [1.82, 2.24) is 0 Å². The molecule has 0 aliphatic carbocycles. The quantitative estimate of drug-likeness (QED) is 0.518. The predicted molar refractivity (Wildman–Crippen MR) is 117 cm³/mol. The highest BCUT2D eigenvalue weighted by Gasteiger charge is 2.30. The number of benzene rings is 3. The van der Waals surface area contributed by atoms with Gasteiger partial charge in [-0.2, -0.15) is 0 Å². The van der Waals surface area contributed by atoms with Gasteiger partial charge in [-0.3, -0.25) is 4.79 Å². The highest BCUT2D eigenvalue weighted by atomic mass is 35.5. The van der Waals surface area contributed by atoms with Crippen molar-refractivity contribution < 1.29 is 14.3 Å². The molecule has 5 heteroatoms. The summed E-state index contributed by atoms with van der Waals surface area (Å²) in [6.45, 7) is 5.99. The lowest BCUT2D eigenvalue weighted by atomic mass is 10.1. The number of carbonyl (C=O) groups is 1. The van der Waals surface area contributed by atoms with E-state index in [9.17, 15) is 4.79 Å². The van der Waals surface area contributed by atoms with Crippen molar-refractivity contribution in [3.63, 3.8) is 0 Å². The SMILES string of the molecule is Cc1ccc(COc2ccc(NC(=O)C(C)(C)Oc3ccc(Cl)cc3)cc2)cc1. The van der Waals surface area contributed by atoms with Gasteiger partial charge in [0.2, 0.25) is 0 Å². The van der Waals surface area contributed by atoms with E-state index < -0.39 is 5.60 Å². The molecule has 0 radical (unpaired) electrons. The number of nitrogens with one attached hydrogen (secondary N) is 1. The topological polar surface area (TPSA) is 47.6 Å². The van der Waals surface area contributed by atoms with Crippen molar-refractivity contribution in [3.8, 4) is 11.5 Å². The standard InChI is InChI=1S/C24H24ClNO3/c1-17-4-6-18(7-5-17)16-28-21-14-10-20(11-15-21)26-23(27)24(2,3)29-22-12-8-19(25)9-13-22/h4-15H,16H2,1-3H3,(H,26,27). The molecule has 4 nitrogen and oxygen atoms in total. The van der Waals surface area contributed by atoms with Crippen molar-refractivity contribution in [2.75, 3.05) is 5.32 Å². The third-order valence-electron chi connectivity index (χ3n) is 4.37. The zero-order valence-corrected chi connectivity index (χ0v) is 17.5. The fourth-order valence-corrected chi connectivity index (χ4v) is 2.74. The first-order valence-electron chi connectivity index (χ1n) is 9.36. The molecule has 0 atom stereocenters. The lowest BCUT2D eigenvalue weighted by molar-refractivity contribution is -0.128. The molecule has 3 aromatic rings. The second-order valence-electron chi connectivity index (χ2n) is 7.32. The summed E-state index contributed by atoms with van der Waals surface area (Å²) < 4.78 is 11.6. The summed E-state index contributed by atoms with van der Waals surface area (Å²) >= 11 is 5.88. The second kappa shape index (κ2) is 9.01. The summed E-state index contributed by atoms with van der Waals surface area (Å²) in [7, 11) is 0. The zero-order chi connectivity index (χ0) is 20.9. The van der Waals surface area contributed by atoms with Crippen LogP contribution in [-0.4, -0.2) is 11.5 Å². The van der Waals surface area contributed by atoms with E-state index in [1.807, 2.05) is 24.3 Å². The van der Waals surface area contributed by atoms with Crippen LogP contribution in [0.25, 0.3) is 0 Å². The summed E-state index contributed by atoms with van der Waals surface area (Å²) in [6, 6.07) is 22.4. The highest BCUT2D eigenvalue weighted by Crippen LogP contribution is 2.23. The van der Waals surface area contributed by atoms with Gasteiger partial charge in [0.1, 0.15) is 18.1 Å². The normalized spacial score (nSPS) is 11.0. The van der Waals surface area contributed by atoms with E-state index in [4.69, 9.17) is 21.1 Å². The van der Waals surface area contributed by atoms with E-state index in [2.05, 4.69) is 24.4 Å². The Balaban J connectivity index is 1.55. The van der Waals surface area contributed by atoms with Crippen LogP contribution in [0.3, 0.4) is 0 Å². The molecule has 0 aliphatic rings. The summed E-state index contributed by atoms with van der Waals surface area (Å²) in [4.78, 5) is 12.6. The van der Waals surface area contributed by atoms with Gasteiger partial charge in [0.25, 0.3) is 5.91 Å². The van der Waals surface area contributed by atoms with Gasteiger partial charge in [-0.15, -0.1) is 0 Å². The van der Waals surface area contributed by atoms with Crippen LogP contribution in [0.4, 0.5) is 5.69 Å². The van der Waals surface area contributed by atoms with Crippen LogP contribution < -0.4 is 14.8 Å². The van der Waals surface area contributed by atoms with E-state index in [0.29, 0.717) is 23.1 Å². The summed E-state index contributed by atoms with van der Waals surface area (Å²) in [5, 5.41) is 3.49. The van der Waals surface area contributed by atoms with E-state index in [1.165, 1.54) is 5.56 Å². The van der Waals surface area contributed by atoms with Crippen molar-refractivity contribution in [1.29, 1.82) is 0 Å². The summed E-state index contributed by atoms with van der Waals surface area (Å²) in [5.41, 5.74) is 1.95. The van der Waals surface area contributed by atoms with Crippen LogP contribution in [0.1, 0.15) is 25.0 Å². The number of rotatable bonds is 7. The third kappa shape index (κ3) is 6.00. The average molecular weight is 410 g/mol. The minimum Gasteiger partial charge on any atom is -0.489 e. The second-order valence-corrected chi connectivity index (χ2v) is 7.76. The Labute approximate surface area is 176 Å². The minimum atomic E-state index is -1.05. The maximum atomic E-state index is 12.6. The Hall–Kier alpha value is -2.98. The van der Waals surface area contributed by atoms with Crippen LogP contribution in [0.5, 0.6) is 11.5 Å². The van der Waals surface area contributed by atoms with Gasteiger partial charge in [0.15, 0.2) is 5.60 Å². The van der Waals surface area contributed by atoms with Gasteiger partial charge in [-0.1, -0.05) is 41.4 Å². The molecule has 3 rings (SSSR count). The molecule has 1 amide bonds. The van der Waals surface area contributed by atoms with Gasteiger partial charge in [0, 0.05) is 10.7 Å². The number of carbonyl (C=O) groups excluding carboxylic acids is 1. The first-order valence-corrected chi connectivity index (χ1v) is 9.74. The molecule has 0 saturated heterocycles. The van der Waals surface area contributed by atoms with Crippen LogP contribution in [0.15, 0.2) is 72.8 Å². The van der Waals surface area contributed by atoms with Crippen LogP contribution in [-0.2, 0) is 11.4 Å². The van der Waals surface area contributed by atoms with Crippen LogP contribution in [0.2, 0.25) is 5.02 Å². The van der Waals surface area contributed by atoms with Gasteiger partial charge >= 0.3 is 0 Å². The molecule has 0 saturated carbocycles. The molecule has 0 fully saturated rings. The molecule has 3 aromatic carbocycles. The van der Waals surface area contributed by atoms with Crippen molar-refractivity contribution >= 4 is 23.2 Å². The number of hydrogen-bond donors (Lipinski definition) is 1. The van der Waals surface area contributed by atoms with E-state index >= 15 is 0 Å². The Morgan fingerprint density at radius 1 is 0.897 bits per heavy atom. The predicted octanol–water partition coefficient (Wildman–Crippen LogP) is 6.02. The minimum absolute atomic E-state index is 0.249. The fourth-order valence-electron chi connectivity index (χ4n) is 2.61. The summed E-state index contributed by atoms with van der Waals surface area (Å²) in [6.07, 6.45) is 0. The molecule has 1 N–H and O–H groups in total. The van der Waals surface area contributed by atoms with Gasteiger partial charge in [0.05, 0.1) is 0 Å². The molecule has 0 bridgehead atoms. The largest absolute Gasteiger partial charge is 0.489 e. The molecule has 0 aromatic heterocycles. The third-order valence-corrected chi connectivity index (χ3v) is 4.62. The van der Waals surface area contributed by atoms with Gasteiger partial charge in [-0.25, -0.2) is 0 Å². The lowest BCUT2D eigenvalue weighted by Gasteiger charge is -2.25. The Morgan fingerprint density at radius 3 is 2.10 bits per heavy atom. The molecule has 0 spiro atoms. The number of amides is 1. The molecule has 0 unspecified atom stereocenters. The highest BCUT2D eigenvalue weighted by molar-refractivity contribution is 6.30. The molecule has 0 aliphatic heterocycles. The molecule has 150 valence electrons. The molecule has 29 heavy (non-hydrogen) atoms. The Morgan fingerprint density at radius 2 is 1.48 bits per heavy atom. The first-order chi connectivity index (χ1) is 13.8. The van der Waals surface area contributed by atoms with E-state index in [0.717, 1.165) is 11.3 Å². The first kappa shape index (κ1) is 20.7. The van der Waals surface area contributed by atoms with Crippen molar-refractivity contribution in [2.24, 2.45) is 0 Å². The van der Waals surface area contributed by atoms with Crippen LogP contribution >= 0.6 is 11.6 Å².